The summed E-state index contributed by atoms with van der Waals surface area (Å²) in [5.41, 5.74) is 5.52. The Morgan fingerprint density at radius 2 is 1.69 bits per heavy atom. The molecule has 5 nitrogen and oxygen atoms in total. The molecule has 1 aromatic heterocycles. The highest BCUT2D eigenvalue weighted by molar-refractivity contribution is 5.71. The maximum absolute atomic E-state index is 13.7. The summed E-state index contributed by atoms with van der Waals surface area (Å²) < 4.78 is 1.57. The van der Waals surface area contributed by atoms with E-state index in [-0.39, 0.29) is 12.2 Å². The van der Waals surface area contributed by atoms with E-state index >= 15 is 0 Å². The predicted octanol–water partition coefficient (Wildman–Crippen LogP) is 5.26. The molecular formula is C30H29N3O2. The van der Waals surface area contributed by atoms with Crippen molar-refractivity contribution in [1.82, 2.24) is 9.55 Å². The first kappa shape index (κ1) is 24.1. The molecule has 0 radical (unpaired) electrons. The van der Waals surface area contributed by atoms with E-state index in [0.717, 1.165) is 40.8 Å². The standard InChI is InChI=1S/C30H29N3O2/c1-2-3-14-28-27(30(35)33(29(21-34)32-28)20-22-10-6-4-7-11-22)18-23-15-16-26(25(17-23)19-31)24-12-8-5-9-13-24/h4-13,15-17,34H,2-3,14,18,20-21H2,1H3. The first-order valence-corrected chi connectivity index (χ1v) is 12.0. The van der Waals surface area contributed by atoms with Crippen molar-refractivity contribution in [2.75, 3.05) is 0 Å². The Hall–Kier alpha value is -4.01. The molecule has 0 unspecified atom stereocenters. The lowest BCUT2D eigenvalue weighted by molar-refractivity contribution is 0.262. The molecule has 1 heterocycles. The number of aliphatic hydroxyl groups is 1. The zero-order valence-electron chi connectivity index (χ0n) is 19.9. The monoisotopic (exact) mass is 463 g/mol. The van der Waals surface area contributed by atoms with Crippen LogP contribution in [0.3, 0.4) is 0 Å². The van der Waals surface area contributed by atoms with Gasteiger partial charge < -0.3 is 5.11 Å². The van der Waals surface area contributed by atoms with Crippen LogP contribution in [0.2, 0.25) is 0 Å². The van der Waals surface area contributed by atoms with Gasteiger partial charge in [0.25, 0.3) is 5.56 Å². The smallest absolute Gasteiger partial charge is 0.257 e. The molecule has 0 aliphatic rings. The third kappa shape index (κ3) is 5.56. The Kier molecular flexibility index (Phi) is 7.87. The summed E-state index contributed by atoms with van der Waals surface area (Å²) in [6, 6.07) is 27.6. The molecule has 0 saturated heterocycles. The van der Waals surface area contributed by atoms with Crippen LogP contribution in [0.25, 0.3) is 11.1 Å². The van der Waals surface area contributed by atoms with Crippen LogP contribution in [-0.2, 0) is 26.0 Å². The fraction of sp³-hybridized carbons (Fsp3) is 0.233. The fourth-order valence-corrected chi connectivity index (χ4v) is 4.33. The van der Waals surface area contributed by atoms with Crippen LogP contribution < -0.4 is 5.56 Å². The number of unbranched alkanes of at least 4 members (excludes halogenated alkanes) is 1. The molecule has 0 aliphatic carbocycles. The number of aromatic nitrogens is 2. The highest BCUT2D eigenvalue weighted by Gasteiger charge is 2.18. The van der Waals surface area contributed by atoms with Crippen molar-refractivity contribution in [2.24, 2.45) is 0 Å². The zero-order chi connectivity index (χ0) is 24.6. The maximum Gasteiger partial charge on any atom is 0.257 e. The minimum absolute atomic E-state index is 0.135. The van der Waals surface area contributed by atoms with Crippen molar-refractivity contribution < 1.29 is 5.11 Å². The Bertz CT molecular complexity index is 1390. The molecule has 0 bridgehead atoms. The summed E-state index contributed by atoms with van der Waals surface area (Å²) in [4.78, 5) is 18.5. The highest BCUT2D eigenvalue weighted by atomic mass is 16.3. The second-order valence-corrected chi connectivity index (χ2v) is 8.63. The molecule has 0 aliphatic heterocycles. The van der Waals surface area contributed by atoms with E-state index in [4.69, 9.17) is 4.98 Å². The van der Waals surface area contributed by atoms with Gasteiger partial charge in [0.2, 0.25) is 0 Å². The third-order valence-corrected chi connectivity index (χ3v) is 6.19. The summed E-state index contributed by atoms with van der Waals surface area (Å²) in [7, 11) is 0. The predicted molar refractivity (Wildman–Crippen MR) is 138 cm³/mol. The molecule has 0 atom stereocenters. The molecule has 0 spiro atoms. The summed E-state index contributed by atoms with van der Waals surface area (Å²) in [5, 5.41) is 19.8. The maximum atomic E-state index is 13.7. The quantitative estimate of drug-likeness (QED) is 0.367. The average Bonchev–Trinajstić information content (AvgIpc) is 2.91. The lowest BCUT2D eigenvalue weighted by atomic mass is 9.95. The molecule has 0 fully saturated rings. The Morgan fingerprint density at radius 1 is 0.971 bits per heavy atom. The zero-order valence-corrected chi connectivity index (χ0v) is 19.9. The van der Waals surface area contributed by atoms with Crippen LogP contribution >= 0.6 is 0 Å². The van der Waals surface area contributed by atoms with E-state index in [0.29, 0.717) is 36.3 Å². The summed E-state index contributed by atoms with van der Waals surface area (Å²) in [6.45, 7) is 2.15. The van der Waals surface area contributed by atoms with Crippen LogP contribution in [0.1, 0.15) is 53.5 Å². The lowest BCUT2D eigenvalue weighted by Gasteiger charge is -2.17. The number of rotatable bonds is 9. The number of aryl methyl sites for hydroxylation is 1. The number of benzene rings is 3. The largest absolute Gasteiger partial charge is 0.388 e. The van der Waals surface area contributed by atoms with E-state index in [1.807, 2.05) is 78.9 Å². The van der Waals surface area contributed by atoms with Gasteiger partial charge in [-0.3, -0.25) is 9.36 Å². The summed E-state index contributed by atoms with van der Waals surface area (Å²) >= 11 is 0. The van der Waals surface area contributed by atoms with Gasteiger partial charge >= 0.3 is 0 Å². The number of hydrogen-bond acceptors (Lipinski definition) is 4. The molecule has 3 aromatic carbocycles. The van der Waals surface area contributed by atoms with Crippen LogP contribution in [0.15, 0.2) is 83.7 Å². The molecule has 5 heteroatoms. The van der Waals surface area contributed by atoms with Crippen molar-refractivity contribution >= 4 is 0 Å². The Labute approximate surface area is 206 Å². The Balaban J connectivity index is 1.77. The highest BCUT2D eigenvalue weighted by Crippen LogP contribution is 2.25. The minimum atomic E-state index is -0.300. The van der Waals surface area contributed by atoms with E-state index < -0.39 is 0 Å². The molecular weight excluding hydrogens is 434 g/mol. The molecule has 0 saturated carbocycles. The van der Waals surface area contributed by atoms with Gasteiger partial charge in [0.05, 0.1) is 23.9 Å². The van der Waals surface area contributed by atoms with E-state index in [1.165, 1.54) is 0 Å². The second kappa shape index (κ2) is 11.4. The van der Waals surface area contributed by atoms with E-state index in [1.54, 1.807) is 4.57 Å². The molecule has 4 rings (SSSR count). The third-order valence-electron chi connectivity index (χ3n) is 6.19. The van der Waals surface area contributed by atoms with Crippen LogP contribution in [-0.4, -0.2) is 14.7 Å². The van der Waals surface area contributed by atoms with E-state index in [2.05, 4.69) is 13.0 Å². The van der Waals surface area contributed by atoms with Gasteiger partial charge in [-0.05, 0) is 41.2 Å². The van der Waals surface area contributed by atoms with Crippen molar-refractivity contribution in [2.45, 2.75) is 45.8 Å². The molecule has 4 aromatic rings. The van der Waals surface area contributed by atoms with Gasteiger partial charge in [-0.15, -0.1) is 0 Å². The van der Waals surface area contributed by atoms with Crippen molar-refractivity contribution in [1.29, 1.82) is 5.26 Å². The number of hydrogen-bond donors (Lipinski definition) is 1. The summed E-state index contributed by atoms with van der Waals surface area (Å²) in [6.07, 6.45) is 2.94. The van der Waals surface area contributed by atoms with Crippen molar-refractivity contribution in [3.05, 3.63) is 123 Å². The van der Waals surface area contributed by atoms with Gasteiger partial charge in [-0.2, -0.15) is 5.26 Å². The van der Waals surface area contributed by atoms with Crippen LogP contribution in [0.4, 0.5) is 0 Å². The lowest BCUT2D eigenvalue weighted by Crippen LogP contribution is -2.31. The van der Waals surface area contributed by atoms with Gasteiger partial charge in [0.1, 0.15) is 12.4 Å². The second-order valence-electron chi connectivity index (χ2n) is 8.63. The van der Waals surface area contributed by atoms with Crippen LogP contribution in [0.5, 0.6) is 0 Å². The van der Waals surface area contributed by atoms with Crippen LogP contribution in [0, 0.1) is 11.3 Å². The number of nitriles is 1. The molecule has 1 N–H and O–H groups in total. The van der Waals surface area contributed by atoms with Crippen molar-refractivity contribution in [3.8, 4) is 17.2 Å². The fourth-order valence-electron chi connectivity index (χ4n) is 4.33. The normalized spacial score (nSPS) is 10.8. The van der Waals surface area contributed by atoms with E-state index in [9.17, 15) is 15.2 Å². The first-order valence-electron chi connectivity index (χ1n) is 12.0. The van der Waals surface area contributed by atoms with Gasteiger partial charge in [-0.25, -0.2) is 4.98 Å². The first-order chi connectivity index (χ1) is 17.1. The van der Waals surface area contributed by atoms with Gasteiger partial charge in [0, 0.05) is 12.0 Å². The van der Waals surface area contributed by atoms with Gasteiger partial charge in [-0.1, -0.05) is 86.1 Å². The number of nitrogens with zero attached hydrogens (tertiary/aromatic N) is 3. The molecule has 0 amide bonds. The average molecular weight is 464 g/mol. The number of aliphatic hydroxyl groups excluding tert-OH is 1. The minimum Gasteiger partial charge on any atom is -0.388 e. The topological polar surface area (TPSA) is 78.9 Å². The Morgan fingerprint density at radius 3 is 2.34 bits per heavy atom. The van der Waals surface area contributed by atoms with Gasteiger partial charge in [0.15, 0.2) is 0 Å². The molecule has 35 heavy (non-hydrogen) atoms. The van der Waals surface area contributed by atoms with Crippen molar-refractivity contribution in [3.63, 3.8) is 0 Å². The summed E-state index contributed by atoms with van der Waals surface area (Å²) in [5.74, 6) is 0.380. The SMILES string of the molecule is CCCCc1nc(CO)n(Cc2ccccc2)c(=O)c1Cc1ccc(-c2ccccc2)c(C#N)c1. The molecule has 176 valence electrons.